The van der Waals surface area contributed by atoms with Crippen LogP contribution in [0.2, 0.25) is 0 Å². The van der Waals surface area contributed by atoms with Crippen molar-refractivity contribution in [2.45, 2.75) is 62.3 Å². The molecule has 2 aromatic carbocycles. The molecule has 0 amide bonds. The van der Waals surface area contributed by atoms with Crippen molar-refractivity contribution in [2.24, 2.45) is 10.8 Å². The number of benzene rings is 2. The predicted molar refractivity (Wildman–Crippen MR) is 130 cm³/mol. The fourth-order valence-electron chi connectivity index (χ4n) is 2.22. The summed E-state index contributed by atoms with van der Waals surface area (Å²) in [6.07, 6.45) is 0. The first kappa shape index (κ1) is 26.9. The summed E-state index contributed by atoms with van der Waals surface area (Å²) < 4.78 is 5.43. The van der Waals surface area contributed by atoms with Crippen LogP contribution in [0.5, 0.6) is 23.0 Å². The molecule has 0 fully saturated rings. The molecule has 0 aliphatic heterocycles. The zero-order chi connectivity index (χ0) is 25.0. The largest absolute Gasteiger partial charge is 0.508 e. The standard InChI is InChI=1S/C16H12O6.2C5H12/c1-7-2-3-8(4-10(7)18)16-15(21)14(20)13-11(19)5-9(17)6-12(13)22-16;2*1-5(2,3)4/h2-6,17-19,21H,1H3;2*1-4H3. The van der Waals surface area contributed by atoms with Crippen LogP contribution in [-0.4, -0.2) is 20.4 Å². The Balaban J connectivity index is 0.000000431. The van der Waals surface area contributed by atoms with E-state index in [1.165, 1.54) is 6.07 Å². The molecule has 0 bridgehead atoms. The van der Waals surface area contributed by atoms with Crippen molar-refractivity contribution in [3.8, 4) is 34.3 Å². The molecular weight excluding hydrogens is 408 g/mol. The second-order valence-corrected chi connectivity index (χ2v) is 10.9. The quantitative estimate of drug-likeness (QED) is 0.332. The third-order valence-electron chi connectivity index (χ3n) is 3.41. The van der Waals surface area contributed by atoms with E-state index in [1.54, 1.807) is 19.1 Å². The molecular formula is C26H36O6. The summed E-state index contributed by atoms with van der Waals surface area (Å²) in [7, 11) is 0. The molecule has 0 atom stereocenters. The minimum absolute atomic E-state index is 0.0154. The van der Waals surface area contributed by atoms with Gasteiger partial charge in [-0.25, -0.2) is 0 Å². The maximum Gasteiger partial charge on any atom is 0.238 e. The van der Waals surface area contributed by atoms with Crippen molar-refractivity contribution in [3.63, 3.8) is 0 Å². The number of aryl methyl sites for hydroxylation is 1. The van der Waals surface area contributed by atoms with Gasteiger partial charge in [-0.3, -0.25) is 4.79 Å². The van der Waals surface area contributed by atoms with Crippen LogP contribution >= 0.6 is 0 Å². The lowest BCUT2D eigenvalue weighted by Crippen LogP contribution is -2.03. The Morgan fingerprint density at radius 3 is 1.72 bits per heavy atom. The van der Waals surface area contributed by atoms with Crippen molar-refractivity contribution in [3.05, 3.63) is 46.1 Å². The lowest BCUT2D eigenvalue weighted by molar-refractivity contribution is 0.438. The van der Waals surface area contributed by atoms with Gasteiger partial charge in [-0.2, -0.15) is 0 Å². The van der Waals surface area contributed by atoms with E-state index in [0.717, 1.165) is 12.1 Å². The van der Waals surface area contributed by atoms with Crippen LogP contribution in [0.15, 0.2) is 39.5 Å². The Bertz CT molecular complexity index is 1100. The summed E-state index contributed by atoms with van der Waals surface area (Å²) in [5.41, 5.74) is 1.02. The molecule has 6 heteroatoms. The van der Waals surface area contributed by atoms with Crippen LogP contribution in [-0.2, 0) is 0 Å². The molecule has 0 spiro atoms. The maximum absolute atomic E-state index is 12.2. The molecule has 4 N–H and O–H groups in total. The van der Waals surface area contributed by atoms with Crippen molar-refractivity contribution >= 4 is 11.0 Å². The first-order chi connectivity index (χ1) is 14.4. The number of rotatable bonds is 1. The van der Waals surface area contributed by atoms with E-state index in [1.807, 2.05) is 0 Å². The molecule has 0 radical (unpaired) electrons. The SMILES string of the molecule is CC(C)(C)C.CC(C)(C)C.Cc1ccc(-c2oc3cc(O)cc(O)c3c(=O)c2O)cc1O. The maximum atomic E-state index is 12.2. The first-order valence-electron chi connectivity index (χ1n) is 10.4. The molecule has 176 valence electrons. The zero-order valence-electron chi connectivity index (χ0n) is 20.5. The molecule has 3 aromatic rings. The number of aromatic hydroxyl groups is 4. The lowest BCUT2D eigenvalue weighted by atomic mass is 10.0. The van der Waals surface area contributed by atoms with Crippen LogP contribution in [0, 0.1) is 17.8 Å². The number of phenolic OH excluding ortho intramolecular Hbond substituents is 3. The van der Waals surface area contributed by atoms with Gasteiger partial charge in [0, 0.05) is 17.7 Å². The van der Waals surface area contributed by atoms with E-state index < -0.39 is 16.9 Å². The average molecular weight is 445 g/mol. The van der Waals surface area contributed by atoms with E-state index in [4.69, 9.17) is 4.42 Å². The van der Waals surface area contributed by atoms with Gasteiger partial charge in [0.05, 0.1) is 0 Å². The minimum atomic E-state index is -0.825. The summed E-state index contributed by atoms with van der Waals surface area (Å²) in [6.45, 7) is 19.2. The Morgan fingerprint density at radius 2 is 1.25 bits per heavy atom. The fourth-order valence-corrected chi connectivity index (χ4v) is 2.22. The van der Waals surface area contributed by atoms with Crippen molar-refractivity contribution in [2.75, 3.05) is 0 Å². The minimum Gasteiger partial charge on any atom is -0.508 e. The van der Waals surface area contributed by atoms with Crippen molar-refractivity contribution < 1.29 is 24.8 Å². The fraction of sp³-hybridized carbons (Fsp3) is 0.423. The summed E-state index contributed by atoms with van der Waals surface area (Å²) >= 11 is 0. The van der Waals surface area contributed by atoms with Gasteiger partial charge in [0.2, 0.25) is 11.2 Å². The first-order valence-corrected chi connectivity index (χ1v) is 10.4. The van der Waals surface area contributed by atoms with Crippen LogP contribution in [0.25, 0.3) is 22.3 Å². The van der Waals surface area contributed by atoms with Crippen LogP contribution in [0.1, 0.15) is 61.0 Å². The Labute approximate surface area is 189 Å². The van der Waals surface area contributed by atoms with Gasteiger partial charge in [-0.15, -0.1) is 0 Å². The Morgan fingerprint density at radius 1 is 0.750 bits per heavy atom. The van der Waals surface area contributed by atoms with Crippen molar-refractivity contribution in [1.82, 2.24) is 0 Å². The highest BCUT2D eigenvalue weighted by atomic mass is 16.4. The van der Waals surface area contributed by atoms with Crippen molar-refractivity contribution in [1.29, 1.82) is 0 Å². The molecule has 0 saturated carbocycles. The van der Waals surface area contributed by atoms with Gasteiger partial charge in [-0.05, 0) is 29.4 Å². The normalized spacial score (nSPS) is 11.3. The average Bonchev–Trinajstić information content (AvgIpc) is 2.57. The highest BCUT2D eigenvalue weighted by molar-refractivity contribution is 5.88. The van der Waals surface area contributed by atoms with E-state index in [2.05, 4.69) is 55.4 Å². The molecule has 6 nitrogen and oxygen atoms in total. The van der Waals surface area contributed by atoms with Crippen LogP contribution in [0.3, 0.4) is 0 Å². The number of phenols is 3. The summed E-state index contributed by atoms with van der Waals surface area (Å²) in [5, 5.41) is 38.8. The molecule has 0 aliphatic rings. The van der Waals surface area contributed by atoms with Gasteiger partial charge >= 0.3 is 0 Å². The number of hydrogen-bond acceptors (Lipinski definition) is 6. The molecule has 0 aliphatic carbocycles. The molecule has 32 heavy (non-hydrogen) atoms. The summed E-state index contributed by atoms with van der Waals surface area (Å²) in [4.78, 5) is 12.2. The van der Waals surface area contributed by atoms with E-state index in [-0.39, 0.29) is 28.2 Å². The second-order valence-electron chi connectivity index (χ2n) is 10.9. The van der Waals surface area contributed by atoms with Crippen LogP contribution in [0.4, 0.5) is 0 Å². The predicted octanol–water partition coefficient (Wildman–Crippen LogP) is 6.70. The van der Waals surface area contributed by atoms with E-state index in [9.17, 15) is 25.2 Å². The third kappa shape index (κ3) is 8.53. The van der Waals surface area contributed by atoms with Gasteiger partial charge in [0.1, 0.15) is 28.2 Å². The number of hydrogen-bond donors (Lipinski definition) is 4. The van der Waals surface area contributed by atoms with E-state index >= 15 is 0 Å². The Hall–Kier alpha value is -3.15. The van der Waals surface area contributed by atoms with Crippen LogP contribution < -0.4 is 5.43 Å². The van der Waals surface area contributed by atoms with Gasteiger partial charge in [0.15, 0.2) is 5.76 Å². The summed E-state index contributed by atoms with van der Waals surface area (Å²) in [6, 6.07) is 6.67. The smallest absolute Gasteiger partial charge is 0.238 e. The van der Waals surface area contributed by atoms with Gasteiger partial charge in [-0.1, -0.05) is 67.5 Å². The van der Waals surface area contributed by atoms with Gasteiger partial charge < -0.3 is 24.8 Å². The molecule has 1 heterocycles. The lowest BCUT2D eigenvalue weighted by Gasteiger charge is -2.08. The molecule has 3 rings (SSSR count). The van der Waals surface area contributed by atoms with Gasteiger partial charge in [0.25, 0.3) is 0 Å². The third-order valence-corrected chi connectivity index (χ3v) is 3.41. The highest BCUT2D eigenvalue weighted by Gasteiger charge is 2.19. The molecule has 1 aromatic heterocycles. The van der Waals surface area contributed by atoms with E-state index in [0.29, 0.717) is 22.0 Å². The molecule has 0 saturated heterocycles. The topological polar surface area (TPSA) is 111 Å². The zero-order valence-corrected chi connectivity index (χ0v) is 20.5. The number of fused-ring (bicyclic) bond motifs is 1. The highest BCUT2D eigenvalue weighted by Crippen LogP contribution is 2.36. The monoisotopic (exact) mass is 444 g/mol. The second kappa shape index (κ2) is 9.98. The Kier molecular flexibility index (Phi) is 8.39. The summed E-state index contributed by atoms with van der Waals surface area (Å²) in [5.74, 6) is -1.62. The molecule has 0 unspecified atom stereocenters.